The van der Waals surface area contributed by atoms with Gasteiger partial charge in [0.05, 0.1) is 0 Å². The third-order valence-corrected chi connectivity index (χ3v) is 2.50. The van der Waals surface area contributed by atoms with Gasteiger partial charge in [-0.25, -0.2) is 0 Å². The summed E-state index contributed by atoms with van der Waals surface area (Å²) < 4.78 is 0. The first-order chi connectivity index (χ1) is 6.15. The molecule has 1 unspecified atom stereocenters. The summed E-state index contributed by atoms with van der Waals surface area (Å²) in [6, 6.07) is 0. The number of hydrogen-bond donors (Lipinski definition) is 0. The fourth-order valence-corrected chi connectivity index (χ4v) is 1.91. The molecule has 0 spiro atoms. The van der Waals surface area contributed by atoms with Gasteiger partial charge in [-0.1, -0.05) is 13.3 Å². The van der Waals surface area contributed by atoms with Gasteiger partial charge < -0.3 is 4.90 Å². The second-order valence-electron chi connectivity index (χ2n) is 4.01. The number of nitrogens with zero attached hydrogens (tertiary/aromatic N) is 1. The number of Topliss-reactive ketones (excluding diaryl/α,β-unsaturated/α-hetero) is 1. The molecule has 1 fully saturated rings. The summed E-state index contributed by atoms with van der Waals surface area (Å²) in [6.07, 6.45) is 6.18. The average molecular weight is 181 g/mol. The lowest BCUT2D eigenvalue weighted by molar-refractivity contribution is -0.118. The van der Waals surface area contributed by atoms with Crippen molar-refractivity contribution >= 4 is 5.78 Å². The summed E-state index contributed by atoms with van der Waals surface area (Å²) in [5.41, 5.74) is 1.02. The van der Waals surface area contributed by atoms with Crippen LogP contribution in [0.25, 0.3) is 0 Å². The van der Waals surface area contributed by atoms with Crippen molar-refractivity contribution in [3.8, 4) is 0 Å². The van der Waals surface area contributed by atoms with E-state index in [-0.39, 0.29) is 0 Å². The molecule has 0 N–H and O–H groups in total. The van der Waals surface area contributed by atoms with Crippen LogP contribution in [0, 0.1) is 5.92 Å². The van der Waals surface area contributed by atoms with Gasteiger partial charge in [-0.3, -0.25) is 4.79 Å². The average Bonchev–Trinajstić information content (AvgIpc) is 2.36. The lowest BCUT2D eigenvalue weighted by Crippen LogP contribution is -2.10. The molecule has 0 radical (unpaired) electrons. The van der Waals surface area contributed by atoms with Crippen LogP contribution in [-0.2, 0) is 4.79 Å². The van der Waals surface area contributed by atoms with Crippen molar-refractivity contribution in [2.75, 3.05) is 14.1 Å². The van der Waals surface area contributed by atoms with E-state index in [1.807, 2.05) is 25.2 Å². The van der Waals surface area contributed by atoms with Crippen LogP contribution in [0.1, 0.15) is 32.6 Å². The molecule has 0 saturated heterocycles. The Kier molecular flexibility index (Phi) is 3.52. The van der Waals surface area contributed by atoms with Gasteiger partial charge >= 0.3 is 0 Å². The second kappa shape index (κ2) is 4.45. The van der Waals surface area contributed by atoms with Gasteiger partial charge in [0.1, 0.15) is 0 Å². The van der Waals surface area contributed by atoms with Crippen molar-refractivity contribution in [1.82, 2.24) is 4.90 Å². The Balaban J connectivity index is 2.60. The first-order valence-electron chi connectivity index (χ1n) is 5.06. The molecule has 1 atom stereocenters. The maximum absolute atomic E-state index is 11.7. The van der Waals surface area contributed by atoms with E-state index in [1.54, 1.807) is 0 Å². The fourth-order valence-electron chi connectivity index (χ4n) is 1.91. The van der Waals surface area contributed by atoms with E-state index in [2.05, 4.69) is 6.92 Å². The molecular formula is C11H19NO. The first kappa shape index (κ1) is 10.3. The highest BCUT2D eigenvalue weighted by Crippen LogP contribution is 2.29. The van der Waals surface area contributed by atoms with Crippen LogP contribution in [0.3, 0.4) is 0 Å². The summed E-state index contributed by atoms with van der Waals surface area (Å²) >= 11 is 0. The molecule has 0 amide bonds. The van der Waals surface area contributed by atoms with E-state index in [1.165, 1.54) is 0 Å². The topological polar surface area (TPSA) is 20.3 Å². The molecule has 0 aromatic rings. The summed E-state index contributed by atoms with van der Waals surface area (Å²) in [6.45, 7) is 2.14. The quantitative estimate of drug-likeness (QED) is 0.622. The molecule has 13 heavy (non-hydrogen) atoms. The largest absolute Gasteiger partial charge is 0.383 e. The smallest absolute Gasteiger partial charge is 0.163 e. The number of allylic oxidation sites excluding steroid dienone is 1. The van der Waals surface area contributed by atoms with E-state index in [0.29, 0.717) is 11.7 Å². The van der Waals surface area contributed by atoms with Crippen LogP contribution in [0.2, 0.25) is 0 Å². The number of rotatable bonds is 3. The minimum Gasteiger partial charge on any atom is -0.383 e. The summed E-state index contributed by atoms with van der Waals surface area (Å²) in [5.74, 6) is 0.701. The molecule has 1 saturated carbocycles. The summed E-state index contributed by atoms with van der Waals surface area (Å²) in [7, 11) is 3.93. The number of carbonyl (C=O) groups is 1. The predicted octanol–water partition coefficient (Wildman–Crippen LogP) is 2.21. The Bertz CT molecular complexity index is 218. The molecule has 0 heterocycles. The van der Waals surface area contributed by atoms with Crippen LogP contribution in [-0.4, -0.2) is 24.8 Å². The zero-order valence-electron chi connectivity index (χ0n) is 8.84. The lowest BCUT2D eigenvalue weighted by atomic mass is 10.0. The van der Waals surface area contributed by atoms with Gasteiger partial charge in [0.25, 0.3) is 0 Å². The maximum Gasteiger partial charge on any atom is 0.163 e. The summed E-state index contributed by atoms with van der Waals surface area (Å²) in [4.78, 5) is 13.7. The van der Waals surface area contributed by atoms with Crippen molar-refractivity contribution in [3.05, 3.63) is 11.8 Å². The monoisotopic (exact) mass is 181 g/mol. The summed E-state index contributed by atoms with van der Waals surface area (Å²) in [5, 5.41) is 0. The molecule has 2 nitrogen and oxygen atoms in total. The molecule has 0 bridgehead atoms. The van der Waals surface area contributed by atoms with Gasteiger partial charge in [-0.15, -0.1) is 0 Å². The molecule has 0 aromatic carbocycles. The second-order valence-corrected chi connectivity index (χ2v) is 4.01. The fraction of sp³-hybridized carbons (Fsp3) is 0.727. The maximum atomic E-state index is 11.7. The first-order valence-corrected chi connectivity index (χ1v) is 5.06. The van der Waals surface area contributed by atoms with Gasteiger partial charge in [-0.05, 0) is 19.3 Å². The highest BCUT2D eigenvalue weighted by molar-refractivity contribution is 5.99. The Morgan fingerprint density at radius 2 is 2.23 bits per heavy atom. The predicted molar refractivity (Wildman–Crippen MR) is 54.4 cm³/mol. The Labute approximate surface area is 80.6 Å². The number of ketones is 1. The van der Waals surface area contributed by atoms with E-state index in [9.17, 15) is 4.79 Å². The minimum absolute atomic E-state index is 0.316. The Morgan fingerprint density at radius 1 is 1.54 bits per heavy atom. The lowest BCUT2D eigenvalue weighted by Gasteiger charge is -2.07. The van der Waals surface area contributed by atoms with Gasteiger partial charge in [0.15, 0.2) is 5.78 Å². The van der Waals surface area contributed by atoms with Gasteiger partial charge in [0, 0.05) is 31.8 Å². The Morgan fingerprint density at radius 3 is 2.77 bits per heavy atom. The van der Waals surface area contributed by atoms with Crippen molar-refractivity contribution in [1.29, 1.82) is 0 Å². The van der Waals surface area contributed by atoms with E-state index in [4.69, 9.17) is 0 Å². The molecule has 74 valence electrons. The van der Waals surface area contributed by atoms with Gasteiger partial charge in [-0.2, -0.15) is 0 Å². The van der Waals surface area contributed by atoms with Crippen molar-refractivity contribution in [2.45, 2.75) is 32.6 Å². The number of carbonyl (C=O) groups excluding carboxylic acids is 1. The van der Waals surface area contributed by atoms with Crippen LogP contribution in [0.15, 0.2) is 11.8 Å². The van der Waals surface area contributed by atoms with E-state index >= 15 is 0 Å². The SMILES string of the molecule is CCCC1CC/C(=C/N(C)C)C1=O. The molecule has 0 aliphatic heterocycles. The zero-order valence-corrected chi connectivity index (χ0v) is 8.84. The van der Waals surface area contributed by atoms with Crippen LogP contribution in [0.4, 0.5) is 0 Å². The van der Waals surface area contributed by atoms with E-state index in [0.717, 1.165) is 31.3 Å². The minimum atomic E-state index is 0.316. The normalized spacial score (nSPS) is 25.6. The third-order valence-electron chi connectivity index (χ3n) is 2.50. The highest BCUT2D eigenvalue weighted by Gasteiger charge is 2.28. The van der Waals surface area contributed by atoms with Crippen LogP contribution < -0.4 is 0 Å². The standard InChI is InChI=1S/C11H19NO/c1-4-5-9-6-7-10(11(9)13)8-12(2)3/h8-9H,4-7H2,1-3H3/b10-8-. The molecular weight excluding hydrogens is 162 g/mol. The highest BCUT2D eigenvalue weighted by atomic mass is 16.1. The zero-order chi connectivity index (χ0) is 9.84. The van der Waals surface area contributed by atoms with Crippen LogP contribution >= 0.6 is 0 Å². The molecule has 0 aromatic heterocycles. The molecule has 1 aliphatic carbocycles. The molecule has 1 aliphatic rings. The third kappa shape index (κ3) is 2.58. The van der Waals surface area contributed by atoms with Crippen molar-refractivity contribution in [3.63, 3.8) is 0 Å². The Hall–Kier alpha value is -0.790. The van der Waals surface area contributed by atoms with Gasteiger partial charge in [0.2, 0.25) is 0 Å². The van der Waals surface area contributed by atoms with E-state index < -0.39 is 0 Å². The van der Waals surface area contributed by atoms with Crippen molar-refractivity contribution in [2.24, 2.45) is 5.92 Å². The van der Waals surface area contributed by atoms with Crippen LogP contribution in [0.5, 0.6) is 0 Å². The molecule has 2 heteroatoms. The number of hydrogen-bond acceptors (Lipinski definition) is 2. The van der Waals surface area contributed by atoms with Crippen molar-refractivity contribution < 1.29 is 4.79 Å². The molecule has 1 rings (SSSR count).